The van der Waals surface area contributed by atoms with Gasteiger partial charge in [0, 0.05) is 17.6 Å². The average molecular weight is 255 g/mol. The molecule has 3 heteroatoms. The van der Waals surface area contributed by atoms with Crippen LogP contribution in [0.25, 0.3) is 10.9 Å². The van der Waals surface area contributed by atoms with Gasteiger partial charge in [0.05, 0.1) is 16.9 Å². The summed E-state index contributed by atoms with van der Waals surface area (Å²) in [5.41, 5.74) is 9.44. The molecule has 0 saturated heterocycles. The Morgan fingerprint density at radius 3 is 2.89 bits per heavy atom. The highest BCUT2D eigenvalue weighted by Crippen LogP contribution is 2.40. The third kappa shape index (κ3) is 2.14. The molecule has 1 unspecified atom stereocenters. The lowest BCUT2D eigenvalue weighted by molar-refractivity contribution is 0.350. The molecule has 1 aliphatic carbocycles. The summed E-state index contributed by atoms with van der Waals surface area (Å²) in [6.45, 7) is 4.66. The lowest BCUT2D eigenvalue weighted by Crippen LogP contribution is -2.31. The first-order chi connectivity index (χ1) is 9.08. The molecule has 1 atom stereocenters. The molecule has 0 spiro atoms. The van der Waals surface area contributed by atoms with E-state index in [0.717, 1.165) is 22.3 Å². The summed E-state index contributed by atoms with van der Waals surface area (Å²) < 4.78 is 0. The van der Waals surface area contributed by atoms with Crippen molar-refractivity contribution in [3.05, 3.63) is 30.5 Å². The van der Waals surface area contributed by atoms with E-state index in [0.29, 0.717) is 11.5 Å². The maximum atomic E-state index is 6.28. The zero-order valence-corrected chi connectivity index (χ0v) is 11.6. The number of aromatic nitrogens is 1. The van der Waals surface area contributed by atoms with Crippen LogP contribution in [0.15, 0.2) is 30.5 Å². The van der Waals surface area contributed by atoms with Crippen molar-refractivity contribution < 1.29 is 0 Å². The summed E-state index contributed by atoms with van der Waals surface area (Å²) in [7, 11) is 0. The van der Waals surface area contributed by atoms with Crippen molar-refractivity contribution in [1.82, 2.24) is 4.98 Å². The molecule has 19 heavy (non-hydrogen) atoms. The van der Waals surface area contributed by atoms with Crippen LogP contribution in [0.1, 0.15) is 33.1 Å². The highest BCUT2D eigenvalue weighted by atomic mass is 15.0. The molecule has 0 amide bonds. The summed E-state index contributed by atoms with van der Waals surface area (Å²) in [6, 6.07) is 8.56. The molecular formula is C16H21N3. The van der Waals surface area contributed by atoms with E-state index in [2.05, 4.69) is 30.2 Å². The van der Waals surface area contributed by atoms with E-state index in [1.807, 2.05) is 18.2 Å². The molecule has 0 radical (unpaired) electrons. The van der Waals surface area contributed by atoms with E-state index >= 15 is 0 Å². The highest BCUT2D eigenvalue weighted by molar-refractivity contribution is 5.96. The van der Waals surface area contributed by atoms with Gasteiger partial charge in [-0.2, -0.15) is 0 Å². The quantitative estimate of drug-likeness (QED) is 0.802. The molecule has 3 rings (SSSR count). The number of anilines is 2. The van der Waals surface area contributed by atoms with Crippen molar-refractivity contribution in [3.8, 4) is 0 Å². The minimum absolute atomic E-state index is 0.344. The van der Waals surface area contributed by atoms with Gasteiger partial charge in [-0.05, 0) is 42.5 Å². The monoisotopic (exact) mass is 255 g/mol. The molecule has 3 nitrogen and oxygen atoms in total. The lowest BCUT2D eigenvalue weighted by atomic mass is 9.87. The number of fused-ring (bicyclic) bond motifs is 1. The number of nitrogens with one attached hydrogen (secondary N) is 1. The molecule has 1 heterocycles. The van der Waals surface area contributed by atoms with Crippen LogP contribution in [0.5, 0.6) is 0 Å². The number of benzene rings is 1. The molecule has 1 aromatic carbocycles. The Kier molecular flexibility index (Phi) is 2.85. The molecule has 0 bridgehead atoms. The van der Waals surface area contributed by atoms with Crippen LogP contribution in [0.2, 0.25) is 0 Å². The number of hydrogen-bond acceptors (Lipinski definition) is 3. The second-order valence-corrected chi connectivity index (χ2v) is 6.17. The molecule has 2 aromatic rings. The molecule has 1 aromatic heterocycles. The van der Waals surface area contributed by atoms with Gasteiger partial charge in [0.25, 0.3) is 0 Å². The minimum atomic E-state index is 0.344. The fraction of sp³-hybridized carbons (Fsp3) is 0.438. The van der Waals surface area contributed by atoms with Crippen LogP contribution in [0.3, 0.4) is 0 Å². The zero-order chi connectivity index (χ0) is 13.5. The second-order valence-electron chi connectivity index (χ2n) is 6.17. The van der Waals surface area contributed by atoms with E-state index in [1.54, 1.807) is 6.20 Å². The third-order valence-electron chi connectivity index (χ3n) is 4.41. The Balaban J connectivity index is 1.95. The normalized spacial score (nSPS) is 21.7. The van der Waals surface area contributed by atoms with E-state index in [4.69, 9.17) is 5.73 Å². The maximum Gasteiger partial charge on any atom is 0.0724 e. The first kappa shape index (κ1) is 12.3. The summed E-state index contributed by atoms with van der Waals surface area (Å²) in [6.07, 6.45) is 5.59. The minimum Gasteiger partial charge on any atom is -0.397 e. The predicted molar refractivity (Wildman–Crippen MR) is 81.2 cm³/mol. The Labute approximate surface area is 114 Å². The number of rotatable bonds is 2. The van der Waals surface area contributed by atoms with Gasteiger partial charge in [-0.25, -0.2) is 0 Å². The Morgan fingerprint density at radius 2 is 2.16 bits per heavy atom. The smallest absolute Gasteiger partial charge is 0.0724 e. The van der Waals surface area contributed by atoms with Crippen LogP contribution < -0.4 is 11.1 Å². The summed E-state index contributed by atoms with van der Waals surface area (Å²) in [5.74, 6) is 0. The summed E-state index contributed by atoms with van der Waals surface area (Å²) >= 11 is 0. The third-order valence-corrected chi connectivity index (χ3v) is 4.41. The molecule has 0 aliphatic heterocycles. The Bertz CT molecular complexity index is 604. The van der Waals surface area contributed by atoms with Crippen molar-refractivity contribution >= 4 is 22.3 Å². The van der Waals surface area contributed by atoms with Gasteiger partial charge >= 0.3 is 0 Å². The summed E-state index contributed by atoms with van der Waals surface area (Å²) in [5, 5.41) is 4.67. The van der Waals surface area contributed by atoms with Crippen LogP contribution in [0, 0.1) is 5.41 Å². The lowest BCUT2D eigenvalue weighted by Gasteiger charge is -2.29. The molecule has 1 fully saturated rings. The molecule has 100 valence electrons. The van der Waals surface area contributed by atoms with Crippen molar-refractivity contribution in [2.24, 2.45) is 5.41 Å². The van der Waals surface area contributed by atoms with Gasteiger partial charge in [-0.3, -0.25) is 4.98 Å². The number of nitrogens with two attached hydrogens (primary N) is 1. The van der Waals surface area contributed by atoms with Crippen LogP contribution in [-0.2, 0) is 0 Å². The highest BCUT2D eigenvalue weighted by Gasteiger charge is 2.34. The first-order valence-electron chi connectivity index (χ1n) is 6.98. The van der Waals surface area contributed by atoms with Crippen molar-refractivity contribution in [1.29, 1.82) is 0 Å². The zero-order valence-electron chi connectivity index (χ0n) is 11.6. The second kappa shape index (κ2) is 4.41. The number of hydrogen-bond donors (Lipinski definition) is 2. The SMILES string of the molecule is CC1(C)CCCC1Nc1ccc2ncccc2c1N. The molecular weight excluding hydrogens is 234 g/mol. The molecule has 1 saturated carbocycles. The Morgan fingerprint density at radius 1 is 1.32 bits per heavy atom. The molecule has 3 N–H and O–H groups in total. The predicted octanol–water partition coefficient (Wildman–Crippen LogP) is 3.81. The molecule has 1 aliphatic rings. The van der Waals surface area contributed by atoms with E-state index < -0.39 is 0 Å². The van der Waals surface area contributed by atoms with Crippen LogP contribution in [0.4, 0.5) is 11.4 Å². The van der Waals surface area contributed by atoms with Gasteiger partial charge in [-0.15, -0.1) is 0 Å². The van der Waals surface area contributed by atoms with Crippen molar-refractivity contribution in [3.63, 3.8) is 0 Å². The van der Waals surface area contributed by atoms with Gasteiger partial charge in [0.2, 0.25) is 0 Å². The van der Waals surface area contributed by atoms with E-state index in [9.17, 15) is 0 Å². The maximum absolute atomic E-state index is 6.28. The van der Waals surface area contributed by atoms with Crippen molar-refractivity contribution in [2.75, 3.05) is 11.1 Å². The number of nitrogen functional groups attached to an aromatic ring is 1. The average Bonchev–Trinajstić information content (AvgIpc) is 2.72. The first-order valence-corrected chi connectivity index (χ1v) is 6.98. The fourth-order valence-electron chi connectivity index (χ4n) is 3.08. The van der Waals surface area contributed by atoms with E-state index in [1.165, 1.54) is 19.3 Å². The fourth-order valence-corrected chi connectivity index (χ4v) is 3.08. The van der Waals surface area contributed by atoms with Gasteiger partial charge < -0.3 is 11.1 Å². The number of pyridine rings is 1. The van der Waals surface area contributed by atoms with Crippen LogP contribution in [-0.4, -0.2) is 11.0 Å². The van der Waals surface area contributed by atoms with Gasteiger partial charge in [0.15, 0.2) is 0 Å². The Hall–Kier alpha value is -1.77. The van der Waals surface area contributed by atoms with Gasteiger partial charge in [0.1, 0.15) is 0 Å². The summed E-state index contributed by atoms with van der Waals surface area (Å²) in [4.78, 5) is 4.34. The van der Waals surface area contributed by atoms with Crippen LogP contribution >= 0.6 is 0 Å². The van der Waals surface area contributed by atoms with Gasteiger partial charge in [-0.1, -0.05) is 20.3 Å². The largest absolute Gasteiger partial charge is 0.397 e. The number of nitrogens with zero attached hydrogens (tertiary/aromatic N) is 1. The topological polar surface area (TPSA) is 50.9 Å². The van der Waals surface area contributed by atoms with Crippen molar-refractivity contribution in [2.45, 2.75) is 39.2 Å². The standard InChI is InChI=1S/C16H21N3/c1-16(2)9-3-6-14(16)19-13-8-7-12-11(15(13)17)5-4-10-18-12/h4-5,7-8,10,14,19H,3,6,9,17H2,1-2H3. The van der Waals surface area contributed by atoms with E-state index in [-0.39, 0.29) is 0 Å².